The van der Waals surface area contributed by atoms with E-state index in [2.05, 4.69) is 0 Å². The van der Waals surface area contributed by atoms with Crippen molar-refractivity contribution in [2.45, 2.75) is 32.8 Å². The number of rotatable bonds is 6. The molecule has 0 heterocycles. The van der Waals surface area contributed by atoms with E-state index >= 15 is 0 Å². The molecule has 0 bridgehead atoms. The normalized spacial score (nSPS) is 12.5. The second-order valence-corrected chi connectivity index (χ2v) is 4.10. The molecule has 1 rings (SSSR count). The lowest BCUT2D eigenvalue weighted by Crippen LogP contribution is -2.20. The van der Waals surface area contributed by atoms with Crippen molar-refractivity contribution < 1.29 is 9.84 Å². The molecule has 3 nitrogen and oxygen atoms in total. The number of aliphatic hydroxyl groups excluding tert-OH is 1. The molecule has 90 valence electrons. The third-order valence-electron chi connectivity index (χ3n) is 2.61. The van der Waals surface area contributed by atoms with Crippen molar-refractivity contribution in [2.24, 2.45) is 5.73 Å². The lowest BCUT2D eigenvalue weighted by atomic mass is 10.1. The molecular weight excluding hydrogens is 202 g/mol. The maximum Gasteiger partial charge on any atom is 0.125 e. The van der Waals surface area contributed by atoms with Crippen LogP contribution in [0.1, 0.15) is 24.0 Å². The monoisotopic (exact) mass is 223 g/mol. The SMILES string of the molecule is Cc1cccc(C)c1OCCCC(O)CN. The largest absolute Gasteiger partial charge is 0.493 e. The van der Waals surface area contributed by atoms with E-state index in [1.807, 2.05) is 32.0 Å². The van der Waals surface area contributed by atoms with Gasteiger partial charge >= 0.3 is 0 Å². The lowest BCUT2D eigenvalue weighted by Gasteiger charge is -2.12. The fraction of sp³-hybridized carbons (Fsp3) is 0.538. The van der Waals surface area contributed by atoms with Crippen molar-refractivity contribution in [1.82, 2.24) is 0 Å². The van der Waals surface area contributed by atoms with E-state index in [9.17, 15) is 5.11 Å². The molecule has 0 aromatic heterocycles. The van der Waals surface area contributed by atoms with Gasteiger partial charge < -0.3 is 15.6 Å². The Morgan fingerprint density at radius 3 is 2.50 bits per heavy atom. The number of nitrogens with two attached hydrogens (primary N) is 1. The highest BCUT2D eigenvalue weighted by molar-refractivity contribution is 5.39. The molecule has 1 aromatic rings. The first kappa shape index (κ1) is 13.0. The van der Waals surface area contributed by atoms with Gasteiger partial charge in [0.05, 0.1) is 12.7 Å². The van der Waals surface area contributed by atoms with Crippen LogP contribution in [0.3, 0.4) is 0 Å². The summed E-state index contributed by atoms with van der Waals surface area (Å²) in [5.74, 6) is 0.963. The van der Waals surface area contributed by atoms with Gasteiger partial charge in [0.15, 0.2) is 0 Å². The van der Waals surface area contributed by atoms with Crippen LogP contribution in [0.15, 0.2) is 18.2 Å². The molecule has 3 N–H and O–H groups in total. The first-order valence-corrected chi connectivity index (χ1v) is 5.72. The smallest absolute Gasteiger partial charge is 0.125 e. The van der Waals surface area contributed by atoms with Crippen LogP contribution in [-0.4, -0.2) is 24.4 Å². The van der Waals surface area contributed by atoms with Gasteiger partial charge in [-0.1, -0.05) is 18.2 Å². The Kier molecular flexibility index (Phi) is 5.29. The number of para-hydroxylation sites is 1. The van der Waals surface area contributed by atoms with Gasteiger partial charge in [0.2, 0.25) is 0 Å². The first-order chi connectivity index (χ1) is 7.65. The van der Waals surface area contributed by atoms with Crippen LogP contribution in [-0.2, 0) is 0 Å². The molecule has 0 saturated heterocycles. The number of aryl methyl sites for hydroxylation is 2. The van der Waals surface area contributed by atoms with Crippen LogP contribution in [0.4, 0.5) is 0 Å². The summed E-state index contributed by atoms with van der Waals surface area (Å²) < 4.78 is 5.71. The summed E-state index contributed by atoms with van der Waals surface area (Å²) in [5, 5.41) is 9.28. The number of aliphatic hydroxyl groups is 1. The van der Waals surface area contributed by atoms with E-state index in [0.29, 0.717) is 19.6 Å². The molecule has 0 aliphatic rings. The van der Waals surface area contributed by atoms with Gasteiger partial charge in [-0.2, -0.15) is 0 Å². The van der Waals surface area contributed by atoms with Crippen LogP contribution in [0.5, 0.6) is 5.75 Å². The molecule has 3 heteroatoms. The summed E-state index contributed by atoms with van der Waals surface area (Å²) >= 11 is 0. The fourth-order valence-electron chi connectivity index (χ4n) is 1.64. The van der Waals surface area contributed by atoms with E-state index in [1.54, 1.807) is 0 Å². The van der Waals surface area contributed by atoms with Crippen LogP contribution in [0, 0.1) is 13.8 Å². The standard InChI is InChI=1S/C13H21NO2/c1-10-5-3-6-11(2)13(10)16-8-4-7-12(15)9-14/h3,5-6,12,15H,4,7-9,14H2,1-2H3. The van der Waals surface area contributed by atoms with Crippen molar-refractivity contribution in [1.29, 1.82) is 0 Å². The third-order valence-corrected chi connectivity index (χ3v) is 2.61. The second-order valence-electron chi connectivity index (χ2n) is 4.10. The predicted octanol–water partition coefficient (Wildman–Crippen LogP) is 1.78. The Morgan fingerprint density at radius 1 is 1.31 bits per heavy atom. The fourth-order valence-corrected chi connectivity index (χ4v) is 1.64. The topological polar surface area (TPSA) is 55.5 Å². The van der Waals surface area contributed by atoms with Crippen LogP contribution >= 0.6 is 0 Å². The van der Waals surface area contributed by atoms with Crippen molar-refractivity contribution in [3.63, 3.8) is 0 Å². The molecule has 0 aliphatic heterocycles. The molecule has 0 aliphatic carbocycles. The van der Waals surface area contributed by atoms with Gasteiger partial charge in [-0.05, 0) is 37.8 Å². The van der Waals surface area contributed by atoms with Gasteiger partial charge in [-0.25, -0.2) is 0 Å². The number of ether oxygens (including phenoxy) is 1. The van der Waals surface area contributed by atoms with Gasteiger partial charge in [0.1, 0.15) is 5.75 Å². The molecule has 0 spiro atoms. The summed E-state index contributed by atoms with van der Waals surface area (Å²) in [4.78, 5) is 0. The predicted molar refractivity (Wildman–Crippen MR) is 65.7 cm³/mol. The Morgan fingerprint density at radius 2 is 1.94 bits per heavy atom. The average Bonchev–Trinajstić information content (AvgIpc) is 2.27. The van der Waals surface area contributed by atoms with Crippen molar-refractivity contribution in [3.8, 4) is 5.75 Å². The summed E-state index contributed by atoms with van der Waals surface area (Å²) in [7, 11) is 0. The minimum Gasteiger partial charge on any atom is -0.493 e. The zero-order chi connectivity index (χ0) is 12.0. The molecular formula is C13H21NO2. The van der Waals surface area contributed by atoms with Crippen molar-refractivity contribution in [3.05, 3.63) is 29.3 Å². The summed E-state index contributed by atoms with van der Waals surface area (Å²) in [6.07, 6.45) is 1.12. The summed E-state index contributed by atoms with van der Waals surface area (Å²) in [6, 6.07) is 6.10. The summed E-state index contributed by atoms with van der Waals surface area (Å²) in [5.41, 5.74) is 7.63. The van der Waals surface area contributed by atoms with E-state index < -0.39 is 6.10 Å². The van der Waals surface area contributed by atoms with Crippen LogP contribution in [0.25, 0.3) is 0 Å². The molecule has 1 atom stereocenters. The maximum atomic E-state index is 9.28. The minimum absolute atomic E-state index is 0.323. The van der Waals surface area contributed by atoms with Crippen LogP contribution < -0.4 is 10.5 Å². The Bertz CT molecular complexity index is 305. The van der Waals surface area contributed by atoms with Gasteiger partial charge in [0, 0.05) is 6.54 Å². The second kappa shape index (κ2) is 6.51. The number of hydrogen-bond acceptors (Lipinski definition) is 3. The molecule has 0 fully saturated rings. The highest BCUT2D eigenvalue weighted by Gasteiger charge is 2.04. The molecule has 0 amide bonds. The van der Waals surface area contributed by atoms with Gasteiger partial charge in [0.25, 0.3) is 0 Å². The Balaban J connectivity index is 2.37. The van der Waals surface area contributed by atoms with Gasteiger partial charge in [-0.15, -0.1) is 0 Å². The number of benzene rings is 1. The zero-order valence-corrected chi connectivity index (χ0v) is 10.1. The molecule has 16 heavy (non-hydrogen) atoms. The maximum absolute atomic E-state index is 9.28. The summed E-state index contributed by atoms with van der Waals surface area (Å²) in [6.45, 7) is 5.03. The quantitative estimate of drug-likeness (QED) is 0.723. The number of hydrogen-bond donors (Lipinski definition) is 2. The van der Waals surface area contributed by atoms with Crippen molar-refractivity contribution in [2.75, 3.05) is 13.2 Å². The third kappa shape index (κ3) is 3.83. The first-order valence-electron chi connectivity index (χ1n) is 5.72. The Hall–Kier alpha value is -1.06. The lowest BCUT2D eigenvalue weighted by molar-refractivity contribution is 0.160. The average molecular weight is 223 g/mol. The molecule has 1 unspecified atom stereocenters. The van der Waals surface area contributed by atoms with Crippen LogP contribution in [0.2, 0.25) is 0 Å². The minimum atomic E-state index is -0.401. The highest BCUT2D eigenvalue weighted by atomic mass is 16.5. The zero-order valence-electron chi connectivity index (χ0n) is 10.1. The van der Waals surface area contributed by atoms with E-state index in [0.717, 1.165) is 23.3 Å². The Labute approximate surface area is 97.2 Å². The van der Waals surface area contributed by atoms with E-state index in [-0.39, 0.29) is 0 Å². The van der Waals surface area contributed by atoms with Crippen molar-refractivity contribution >= 4 is 0 Å². The molecule has 1 aromatic carbocycles. The molecule has 0 radical (unpaired) electrons. The highest BCUT2D eigenvalue weighted by Crippen LogP contribution is 2.22. The van der Waals surface area contributed by atoms with E-state index in [1.165, 1.54) is 0 Å². The molecule has 0 saturated carbocycles. The van der Waals surface area contributed by atoms with E-state index in [4.69, 9.17) is 10.5 Å². The van der Waals surface area contributed by atoms with Gasteiger partial charge in [-0.3, -0.25) is 0 Å².